The molecule has 0 bridgehead atoms. The van der Waals surface area contributed by atoms with Crippen molar-refractivity contribution in [2.24, 2.45) is 11.0 Å². The molecule has 0 aliphatic rings. The first kappa shape index (κ1) is 29.6. The zero-order chi connectivity index (χ0) is 27.7. The van der Waals surface area contributed by atoms with Crippen LogP contribution in [0.5, 0.6) is 11.5 Å². The minimum Gasteiger partial charge on any atom is -0.493 e. The summed E-state index contributed by atoms with van der Waals surface area (Å²) in [5.41, 5.74) is 5.12. The molecule has 2 N–H and O–H groups in total. The van der Waals surface area contributed by atoms with Crippen LogP contribution >= 0.6 is 22.6 Å². The SMILES string of the molecule is COc1cc(/C=N\NC(=O)[C@@H](CC(C)C)NS(=O)(=O)c2ccc(C)cc2)cc(I)c1OCc1ccccc1. The van der Waals surface area contributed by atoms with Gasteiger partial charge in [0.25, 0.3) is 5.91 Å². The second-order valence-corrected chi connectivity index (χ2v) is 12.0. The van der Waals surface area contributed by atoms with E-state index in [1.807, 2.05) is 57.2 Å². The van der Waals surface area contributed by atoms with Gasteiger partial charge in [0.2, 0.25) is 10.0 Å². The average Bonchev–Trinajstić information content (AvgIpc) is 2.87. The van der Waals surface area contributed by atoms with Crippen LogP contribution in [0.3, 0.4) is 0 Å². The zero-order valence-corrected chi connectivity index (χ0v) is 24.7. The molecule has 1 atom stereocenters. The Morgan fingerprint density at radius 2 is 1.76 bits per heavy atom. The number of ether oxygens (including phenoxy) is 2. The van der Waals surface area contributed by atoms with Crippen LogP contribution in [0.4, 0.5) is 0 Å². The van der Waals surface area contributed by atoms with Crippen LogP contribution in [0.25, 0.3) is 0 Å². The van der Waals surface area contributed by atoms with Gasteiger partial charge in [0, 0.05) is 0 Å². The number of carbonyl (C=O) groups excluding carboxylic acids is 1. The lowest BCUT2D eigenvalue weighted by molar-refractivity contribution is -0.123. The van der Waals surface area contributed by atoms with Crippen LogP contribution in [0, 0.1) is 16.4 Å². The van der Waals surface area contributed by atoms with E-state index in [-0.39, 0.29) is 10.8 Å². The van der Waals surface area contributed by atoms with E-state index in [1.54, 1.807) is 25.3 Å². The van der Waals surface area contributed by atoms with Gasteiger partial charge in [-0.25, -0.2) is 13.8 Å². The van der Waals surface area contributed by atoms with Gasteiger partial charge in [-0.1, -0.05) is 61.9 Å². The number of nitrogens with zero attached hydrogens (tertiary/aromatic N) is 1. The molecule has 202 valence electrons. The van der Waals surface area contributed by atoms with E-state index >= 15 is 0 Å². The highest BCUT2D eigenvalue weighted by Crippen LogP contribution is 2.34. The molecule has 0 fully saturated rings. The molecule has 0 spiro atoms. The summed E-state index contributed by atoms with van der Waals surface area (Å²) < 4.78 is 40.6. The fourth-order valence-corrected chi connectivity index (χ4v) is 5.57. The predicted molar refractivity (Wildman–Crippen MR) is 157 cm³/mol. The van der Waals surface area contributed by atoms with Crippen molar-refractivity contribution >= 4 is 44.7 Å². The number of sulfonamides is 1. The van der Waals surface area contributed by atoms with Gasteiger partial charge in [-0.2, -0.15) is 9.82 Å². The summed E-state index contributed by atoms with van der Waals surface area (Å²) in [5, 5.41) is 4.06. The van der Waals surface area contributed by atoms with Crippen LogP contribution in [-0.2, 0) is 21.4 Å². The van der Waals surface area contributed by atoms with Gasteiger partial charge in [-0.15, -0.1) is 0 Å². The molecule has 0 aliphatic heterocycles. The molecule has 0 aromatic heterocycles. The molecule has 0 radical (unpaired) electrons. The summed E-state index contributed by atoms with van der Waals surface area (Å²) in [5.74, 6) is 0.671. The molecular weight excluding hydrogens is 617 g/mol. The molecule has 0 saturated carbocycles. The smallest absolute Gasteiger partial charge is 0.258 e. The van der Waals surface area contributed by atoms with Gasteiger partial charge < -0.3 is 9.47 Å². The number of halogens is 1. The van der Waals surface area contributed by atoms with Crippen molar-refractivity contribution in [3.05, 3.63) is 87.0 Å². The number of hydrogen-bond donors (Lipinski definition) is 2. The van der Waals surface area contributed by atoms with E-state index in [1.165, 1.54) is 18.3 Å². The molecule has 3 aromatic carbocycles. The fraction of sp³-hybridized carbons (Fsp3) is 0.286. The van der Waals surface area contributed by atoms with Gasteiger partial charge in [0.1, 0.15) is 12.6 Å². The van der Waals surface area contributed by atoms with E-state index in [0.29, 0.717) is 30.1 Å². The Hall–Kier alpha value is -2.96. The highest BCUT2D eigenvalue weighted by molar-refractivity contribution is 14.1. The predicted octanol–water partition coefficient (Wildman–Crippen LogP) is 5.03. The van der Waals surface area contributed by atoms with Gasteiger partial charge in [0.05, 0.1) is 21.8 Å². The monoisotopic (exact) mass is 649 g/mol. The molecule has 38 heavy (non-hydrogen) atoms. The molecule has 3 aromatic rings. The summed E-state index contributed by atoms with van der Waals surface area (Å²) in [4.78, 5) is 13.0. The molecule has 3 rings (SSSR count). The Morgan fingerprint density at radius 3 is 2.39 bits per heavy atom. The van der Waals surface area contributed by atoms with Crippen molar-refractivity contribution in [1.29, 1.82) is 0 Å². The summed E-state index contributed by atoms with van der Waals surface area (Å²) >= 11 is 2.16. The number of amides is 1. The van der Waals surface area contributed by atoms with Gasteiger partial charge in [-0.3, -0.25) is 4.79 Å². The Balaban J connectivity index is 1.70. The van der Waals surface area contributed by atoms with E-state index in [9.17, 15) is 13.2 Å². The first-order valence-corrected chi connectivity index (χ1v) is 14.6. The maximum absolute atomic E-state index is 12.9. The first-order valence-electron chi connectivity index (χ1n) is 12.0. The summed E-state index contributed by atoms with van der Waals surface area (Å²) in [6.45, 7) is 6.10. The van der Waals surface area contributed by atoms with Crippen molar-refractivity contribution in [2.45, 2.75) is 44.7 Å². The summed E-state index contributed by atoms with van der Waals surface area (Å²) in [6, 6.07) is 18.9. The van der Waals surface area contributed by atoms with Crippen molar-refractivity contribution in [3.8, 4) is 11.5 Å². The largest absolute Gasteiger partial charge is 0.493 e. The van der Waals surface area contributed by atoms with Crippen molar-refractivity contribution < 1.29 is 22.7 Å². The van der Waals surface area contributed by atoms with E-state index in [2.05, 4.69) is 37.8 Å². The van der Waals surface area contributed by atoms with Gasteiger partial charge in [0.15, 0.2) is 11.5 Å². The van der Waals surface area contributed by atoms with Crippen LogP contribution in [0.2, 0.25) is 0 Å². The first-order chi connectivity index (χ1) is 18.1. The number of benzene rings is 3. The fourth-order valence-electron chi connectivity index (χ4n) is 3.59. The highest BCUT2D eigenvalue weighted by Gasteiger charge is 2.26. The number of aryl methyl sites for hydroxylation is 1. The quantitative estimate of drug-likeness (QED) is 0.163. The van der Waals surface area contributed by atoms with E-state index in [0.717, 1.165) is 14.7 Å². The van der Waals surface area contributed by atoms with Crippen molar-refractivity contribution in [1.82, 2.24) is 10.1 Å². The lowest BCUT2D eigenvalue weighted by Gasteiger charge is -2.19. The highest BCUT2D eigenvalue weighted by atomic mass is 127. The van der Waals surface area contributed by atoms with Gasteiger partial charge >= 0.3 is 0 Å². The molecular formula is C28H32IN3O5S. The minimum atomic E-state index is -3.88. The van der Waals surface area contributed by atoms with Crippen LogP contribution < -0.4 is 19.6 Å². The molecule has 0 unspecified atom stereocenters. The number of hydrazone groups is 1. The van der Waals surface area contributed by atoms with Crippen molar-refractivity contribution in [3.63, 3.8) is 0 Å². The molecule has 0 saturated heterocycles. The molecule has 1 amide bonds. The Labute approximate surface area is 238 Å². The molecule has 10 heteroatoms. The van der Waals surface area contributed by atoms with Gasteiger partial charge in [-0.05, 0) is 77.2 Å². The Kier molecular flexibility index (Phi) is 10.7. The minimum absolute atomic E-state index is 0.0738. The normalized spacial score (nSPS) is 12.5. The van der Waals surface area contributed by atoms with Crippen LogP contribution in [-0.4, -0.2) is 33.7 Å². The van der Waals surface area contributed by atoms with Crippen LogP contribution in [0.15, 0.2) is 76.7 Å². The number of rotatable bonds is 12. The topological polar surface area (TPSA) is 106 Å². The van der Waals surface area contributed by atoms with Crippen molar-refractivity contribution in [2.75, 3.05) is 7.11 Å². The third-order valence-electron chi connectivity index (χ3n) is 5.52. The number of carbonyl (C=O) groups is 1. The standard InChI is InChI=1S/C28H32IN3O5S/c1-19(2)14-25(32-38(34,35)23-12-10-20(3)11-13-23)28(33)31-30-17-22-15-24(29)27(26(16-22)36-4)37-18-21-8-6-5-7-9-21/h5-13,15-17,19,25,32H,14,18H2,1-4H3,(H,31,33)/b30-17-/t25-/m1/s1. The van der Waals surface area contributed by atoms with E-state index < -0.39 is 22.0 Å². The average molecular weight is 650 g/mol. The Bertz CT molecular complexity index is 1360. The third kappa shape index (κ3) is 8.53. The summed E-state index contributed by atoms with van der Waals surface area (Å²) in [6.07, 6.45) is 1.79. The molecule has 0 heterocycles. The summed E-state index contributed by atoms with van der Waals surface area (Å²) in [7, 11) is -2.33. The zero-order valence-electron chi connectivity index (χ0n) is 21.8. The lowest BCUT2D eigenvalue weighted by Crippen LogP contribution is -2.46. The second-order valence-electron chi connectivity index (χ2n) is 9.16. The van der Waals surface area contributed by atoms with E-state index in [4.69, 9.17) is 9.47 Å². The third-order valence-corrected chi connectivity index (χ3v) is 7.81. The number of methoxy groups -OCH3 is 1. The van der Waals surface area contributed by atoms with Crippen LogP contribution in [0.1, 0.15) is 37.0 Å². The molecule has 0 aliphatic carbocycles. The second kappa shape index (κ2) is 13.7. The molecule has 8 nitrogen and oxygen atoms in total. The maximum Gasteiger partial charge on any atom is 0.258 e. The lowest BCUT2D eigenvalue weighted by atomic mass is 10.0. The maximum atomic E-state index is 12.9. The number of hydrogen-bond acceptors (Lipinski definition) is 6. The Morgan fingerprint density at radius 1 is 1.08 bits per heavy atom. The number of nitrogens with one attached hydrogen (secondary N) is 2.